The highest BCUT2D eigenvalue weighted by Crippen LogP contribution is 2.32. The van der Waals surface area contributed by atoms with Crippen LogP contribution in [0.4, 0.5) is 10.5 Å². The fourth-order valence-electron chi connectivity index (χ4n) is 3.52. The smallest absolute Gasteiger partial charge is 0.295 e. The van der Waals surface area contributed by atoms with Gasteiger partial charge in [0, 0.05) is 7.05 Å². The Balaban J connectivity index is 1.50. The summed E-state index contributed by atoms with van der Waals surface area (Å²) in [5.74, 6) is -0.532. The minimum atomic E-state index is -0.640. The molecule has 0 radical (unpaired) electrons. The van der Waals surface area contributed by atoms with Crippen molar-refractivity contribution >= 4 is 40.6 Å². The van der Waals surface area contributed by atoms with Crippen LogP contribution in [0.5, 0.6) is 5.75 Å². The van der Waals surface area contributed by atoms with Gasteiger partial charge in [-0.15, -0.1) is 0 Å². The van der Waals surface area contributed by atoms with Crippen LogP contribution in [0.25, 0.3) is 11.8 Å². The van der Waals surface area contributed by atoms with Gasteiger partial charge in [0.1, 0.15) is 18.0 Å². The summed E-state index contributed by atoms with van der Waals surface area (Å²) in [4.78, 5) is 51.9. The molecule has 0 atom stereocenters. The van der Waals surface area contributed by atoms with E-state index in [0.29, 0.717) is 17.1 Å². The molecule has 1 N–H and O–H groups in total. The van der Waals surface area contributed by atoms with E-state index in [4.69, 9.17) is 4.74 Å². The highest BCUT2D eigenvalue weighted by molar-refractivity contribution is 8.18. The summed E-state index contributed by atoms with van der Waals surface area (Å²) in [7, 11) is 3.26. The number of rotatable bonds is 6. The second kappa shape index (κ2) is 9.44. The van der Waals surface area contributed by atoms with Gasteiger partial charge in [-0.25, -0.2) is 4.68 Å². The normalized spacial score (nSPS) is 14.7. The molecule has 4 rings (SSSR count). The van der Waals surface area contributed by atoms with E-state index in [-0.39, 0.29) is 10.6 Å². The molecule has 9 nitrogen and oxygen atoms in total. The Morgan fingerprint density at radius 2 is 1.74 bits per heavy atom. The fraction of sp³-hybridized carbons (Fsp3) is 0.167. The molecular formula is C24H22N4O5S. The van der Waals surface area contributed by atoms with Crippen molar-refractivity contribution in [2.45, 2.75) is 6.92 Å². The van der Waals surface area contributed by atoms with Gasteiger partial charge >= 0.3 is 0 Å². The van der Waals surface area contributed by atoms with Gasteiger partial charge in [0.25, 0.3) is 16.7 Å². The molecule has 0 saturated carbocycles. The van der Waals surface area contributed by atoms with Crippen molar-refractivity contribution in [3.8, 4) is 11.4 Å². The Labute approximate surface area is 199 Å². The molecule has 0 unspecified atom stereocenters. The van der Waals surface area contributed by atoms with Crippen molar-refractivity contribution in [1.29, 1.82) is 0 Å². The van der Waals surface area contributed by atoms with Gasteiger partial charge in [0.2, 0.25) is 5.91 Å². The maximum atomic E-state index is 13.0. The van der Waals surface area contributed by atoms with Crippen LogP contribution < -0.4 is 15.6 Å². The molecule has 1 aliphatic rings. The first-order chi connectivity index (χ1) is 16.3. The molecule has 1 aromatic heterocycles. The van der Waals surface area contributed by atoms with Crippen molar-refractivity contribution in [3.63, 3.8) is 0 Å². The minimum Gasteiger partial charge on any atom is -0.497 e. The fourth-order valence-corrected chi connectivity index (χ4v) is 4.36. The lowest BCUT2D eigenvalue weighted by Gasteiger charge is -2.12. The third-order valence-corrected chi connectivity index (χ3v) is 6.31. The van der Waals surface area contributed by atoms with E-state index in [2.05, 4.69) is 5.32 Å². The van der Waals surface area contributed by atoms with E-state index in [1.165, 1.54) is 4.68 Å². The van der Waals surface area contributed by atoms with Crippen molar-refractivity contribution in [1.82, 2.24) is 14.3 Å². The van der Waals surface area contributed by atoms with Crippen LogP contribution in [0.3, 0.4) is 0 Å². The molecule has 3 amide bonds. The van der Waals surface area contributed by atoms with Crippen molar-refractivity contribution < 1.29 is 19.1 Å². The zero-order valence-corrected chi connectivity index (χ0v) is 19.6. The second-order valence-corrected chi connectivity index (χ2v) is 8.52. The van der Waals surface area contributed by atoms with Gasteiger partial charge in [-0.1, -0.05) is 30.3 Å². The largest absolute Gasteiger partial charge is 0.497 e. The summed E-state index contributed by atoms with van der Waals surface area (Å²) >= 11 is 0.762. The number of thioether (sulfide) groups is 1. The van der Waals surface area contributed by atoms with Crippen molar-refractivity contribution in [3.05, 3.63) is 81.1 Å². The number of aromatic nitrogens is 2. The van der Waals surface area contributed by atoms with Crippen LogP contribution in [0, 0.1) is 6.92 Å². The predicted molar refractivity (Wildman–Crippen MR) is 130 cm³/mol. The van der Waals surface area contributed by atoms with E-state index in [9.17, 15) is 19.2 Å². The van der Waals surface area contributed by atoms with Crippen molar-refractivity contribution in [2.75, 3.05) is 19.0 Å². The number of nitrogens with zero attached hydrogens (tertiary/aromatic N) is 3. The number of methoxy groups -OCH3 is 1. The first-order valence-electron chi connectivity index (χ1n) is 10.3. The molecule has 34 heavy (non-hydrogen) atoms. The van der Waals surface area contributed by atoms with E-state index >= 15 is 0 Å². The molecule has 0 bridgehead atoms. The first-order valence-corrected chi connectivity index (χ1v) is 11.1. The summed E-state index contributed by atoms with van der Waals surface area (Å²) in [5.41, 5.74) is 1.59. The quantitative estimate of drug-likeness (QED) is 0.546. The number of carbonyl (C=O) groups excluding carboxylic acids is 3. The second-order valence-electron chi connectivity index (χ2n) is 7.53. The summed E-state index contributed by atoms with van der Waals surface area (Å²) < 4.78 is 8.18. The van der Waals surface area contributed by atoms with Crippen LogP contribution >= 0.6 is 11.8 Å². The summed E-state index contributed by atoms with van der Waals surface area (Å²) in [6.07, 6.45) is 1.59. The monoisotopic (exact) mass is 478 g/mol. The van der Waals surface area contributed by atoms with Gasteiger partial charge in [-0.05, 0) is 54.6 Å². The maximum Gasteiger partial charge on any atom is 0.295 e. The highest BCUT2D eigenvalue weighted by Gasteiger charge is 2.36. The van der Waals surface area contributed by atoms with Gasteiger partial charge in [0.15, 0.2) is 0 Å². The lowest BCUT2D eigenvalue weighted by atomic mass is 10.2. The number of imide groups is 1. The molecule has 2 heterocycles. The highest BCUT2D eigenvalue weighted by atomic mass is 32.2. The van der Waals surface area contributed by atoms with Crippen LogP contribution in [-0.2, 0) is 16.6 Å². The van der Waals surface area contributed by atoms with Crippen LogP contribution in [0.1, 0.15) is 11.3 Å². The Morgan fingerprint density at radius 1 is 1.06 bits per heavy atom. The lowest BCUT2D eigenvalue weighted by Crippen LogP contribution is -2.37. The molecule has 10 heteroatoms. The summed E-state index contributed by atoms with van der Waals surface area (Å²) in [5, 5.41) is 2.02. The Hall–Kier alpha value is -4.05. The Kier molecular flexibility index (Phi) is 6.42. The molecule has 3 aromatic rings. The number of anilines is 1. The first kappa shape index (κ1) is 23.1. The molecule has 0 spiro atoms. The number of carbonyl (C=O) groups is 3. The molecule has 1 fully saturated rings. The SMILES string of the molecule is COc1ccc(/C=C2\SC(=O)N(CC(=O)Nc3c(C)n(C)n(-c4ccccc4)c3=O)C2=O)cc1. The number of amides is 3. The van der Waals surface area contributed by atoms with Crippen LogP contribution in [-0.4, -0.2) is 45.0 Å². The number of ether oxygens (including phenoxy) is 1. The topological polar surface area (TPSA) is 103 Å². The number of benzene rings is 2. The number of hydrogen-bond acceptors (Lipinski definition) is 6. The molecule has 174 valence electrons. The van der Waals surface area contributed by atoms with Gasteiger partial charge in [-0.3, -0.25) is 28.8 Å². The van der Waals surface area contributed by atoms with E-state index in [1.807, 2.05) is 18.2 Å². The maximum absolute atomic E-state index is 13.0. The third-order valence-electron chi connectivity index (χ3n) is 5.41. The lowest BCUT2D eigenvalue weighted by molar-refractivity contribution is -0.127. The zero-order chi connectivity index (χ0) is 24.4. The van der Waals surface area contributed by atoms with Crippen LogP contribution in [0.15, 0.2) is 64.3 Å². The van der Waals surface area contributed by atoms with E-state index in [1.54, 1.807) is 68.2 Å². The Morgan fingerprint density at radius 3 is 2.38 bits per heavy atom. The van der Waals surface area contributed by atoms with Crippen molar-refractivity contribution in [2.24, 2.45) is 7.05 Å². The molecule has 1 saturated heterocycles. The molecular weight excluding hydrogens is 456 g/mol. The van der Waals surface area contributed by atoms with E-state index < -0.39 is 29.2 Å². The molecule has 0 aliphatic carbocycles. The molecule has 2 aromatic carbocycles. The van der Waals surface area contributed by atoms with Gasteiger partial charge in [-0.2, -0.15) is 0 Å². The standard InChI is InChI=1S/C24H22N4O5S/c1-15-21(23(31)28(26(15)2)17-7-5-4-6-8-17)25-20(29)14-27-22(30)19(34-24(27)32)13-16-9-11-18(33-3)12-10-16/h4-13H,14H2,1-3H3,(H,25,29)/b19-13-. The summed E-state index contributed by atoms with van der Waals surface area (Å²) in [6.45, 7) is 1.21. The minimum absolute atomic E-state index is 0.0945. The number of hydrogen-bond donors (Lipinski definition) is 1. The molecule has 1 aliphatic heterocycles. The number of nitrogens with one attached hydrogen (secondary N) is 1. The van der Waals surface area contributed by atoms with Gasteiger partial charge in [0.05, 0.1) is 23.4 Å². The third kappa shape index (κ3) is 4.40. The Bertz CT molecular complexity index is 1360. The predicted octanol–water partition coefficient (Wildman–Crippen LogP) is 3.17. The average Bonchev–Trinajstić information content (AvgIpc) is 3.21. The number of para-hydroxylation sites is 1. The summed E-state index contributed by atoms with van der Waals surface area (Å²) in [6, 6.07) is 16.0. The zero-order valence-electron chi connectivity index (χ0n) is 18.8. The van der Waals surface area contributed by atoms with Gasteiger partial charge < -0.3 is 10.1 Å². The average molecular weight is 479 g/mol. The van der Waals surface area contributed by atoms with Crippen LogP contribution in [0.2, 0.25) is 0 Å². The van der Waals surface area contributed by atoms with E-state index in [0.717, 1.165) is 22.2 Å².